The minimum absolute atomic E-state index is 0.0556. The van der Waals surface area contributed by atoms with E-state index in [1.807, 2.05) is 46.7 Å². The van der Waals surface area contributed by atoms with Crippen LogP contribution in [-0.2, 0) is 11.2 Å². The molecule has 0 radical (unpaired) electrons. The van der Waals surface area contributed by atoms with E-state index in [0.717, 1.165) is 29.2 Å². The maximum absolute atomic E-state index is 12.7. The SMILES string of the molecule is O=C(NC1CCN(C(=O)Cc2csc(-c3ccccn3)n2)CC1)c1ccccc1. The van der Waals surface area contributed by atoms with Gasteiger partial charge in [-0.2, -0.15) is 0 Å². The zero-order valence-corrected chi connectivity index (χ0v) is 16.8. The van der Waals surface area contributed by atoms with Crippen LogP contribution in [0.1, 0.15) is 28.9 Å². The van der Waals surface area contributed by atoms with Crippen LogP contribution in [-0.4, -0.2) is 45.8 Å². The molecule has 1 saturated heterocycles. The van der Waals surface area contributed by atoms with Gasteiger partial charge in [0.05, 0.1) is 17.8 Å². The second kappa shape index (κ2) is 8.96. The molecule has 148 valence electrons. The van der Waals surface area contributed by atoms with Gasteiger partial charge in [-0.1, -0.05) is 24.3 Å². The first-order chi connectivity index (χ1) is 14.2. The number of thiazole rings is 1. The van der Waals surface area contributed by atoms with Gasteiger partial charge < -0.3 is 10.2 Å². The van der Waals surface area contributed by atoms with Crippen molar-refractivity contribution in [2.45, 2.75) is 25.3 Å². The van der Waals surface area contributed by atoms with Gasteiger partial charge >= 0.3 is 0 Å². The van der Waals surface area contributed by atoms with Gasteiger partial charge in [-0.3, -0.25) is 14.6 Å². The molecule has 4 rings (SSSR count). The summed E-state index contributed by atoms with van der Waals surface area (Å²) in [6.07, 6.45) is 3.56. The molecule has 2 amide bonds. The first-order valence-corrected chi connectivity index (χ1v) is 10.6. The number of carbonyl (C=O) groups excluding carboxylic acids is 2. The summed E-state index contributed by atoms with van der Waals surface area (Å²) in [5.41, 5.74) is 2.27. The van der Waals surface area contributed by atoms with E-state index >= 15 is 0 Å². The van der Waals surface area contributed by atoms with Crippen LogP contribution in [0.5, 0.6) is 0 Å². The molecule has 0 saturated carbocycles. The highest BCUT2D eigenvalue weighted by Gasteiger charge is 2.24. The Bertz CT molecular complexity index is 967. The molecule has 6 nitrogen and oxygen atoms in total. The van der Waals surface area contributed by atoms with E-state index in [2.05, 4.69) is 15.3 Å². The predicted octanol–water partition coefficient (Wildman–Crippen LogP) is 3.17. The molecule has 1 aliphatic rings. The Morgan fingerprint density at radius 1 is 1.07 bits per heavy atom. The van der Waals surface area contributed by atoms with Crippen LogP contribution in [0.25, 0.3) is 10.7 Å². The number of pyridine rings is 1. The van der Waals surface area contributed by atoms with Crippen molar-refractivity contribution in [2.75, 3.05) is 13.1 Å². The minimum Gasteiger partial charge on any atom is -0.349 e. The number of hydrogen-bond acceptors (Lipinski definition) is 5. The first-order valence-electron chi connectivity index (χ1n) is 9.68. The van der Waals surface area contributed by atoms with Crippen LogP contribution in [0.4, 0.5) is 0 Å². The quantitative estimate of drug-likeness (QED) is 0.706. The van der Waals surface area contributed by atoms with Crippen molar-refractivity contribution in [2.24, 2.45) is 0 Å². The normalized spacial score (nSPS) is 14.6. The number of piperidine rings is 1. The van der Waals surface area contributed by atoms with Crippen molar-refractivity contribution in [3.05, 3.63) is 71.4 Å². The van der Waals surface area contributed by atoms with Crippen molar-refractivity contribution >= 4 is 23.2 Å². The summed E-state index contributed by atoms with van der Waals surface area (Å²) in [7, 11) is 0. The van der Waals surface area contributed by atoms with Crippen molar-refractivity contribution < 1.29 is 9.59 Å². The zero-order chi connectivity index (χ0) is 20.1. The Hall–Kier alpha value is -3.06. The highest BCUT2D eigenvalue weighted by atomic mass is 32.1. The molecule has 1 aromatic carbocycles. The molecule has 1 fully saturated rings. The van der Waals surface area contributed by atoms with E-state index in [1.54, 1.807) is 18.3 Å². The van der Waals surface area contributed by atoms with Crippen LogP contribution in [0.3, 0.4) is 0 Å². The molecule has 0 atom stereocenters. The summed E-state index contributed by atoms with van der Waals surface area (Å²) in [5, 5.41) is 5.83. The summed E-state index contributed by atoms with van der Waals surface area (Å²) >= 11 is 1.50. The number of carbonyl (C=O) groups is 2. The molecule has 0 spiro atoms. The number of likely N-dealkylation sites (tertiary alicyclic amines) is 1. The molecule has 1 aliphatic heterocycles. The Morgan fingerprint density at radius 3 is 2.55 bits per heavy atom. The van der Waals surface area contributed by atoms with E-state index in [-0.39, 0.29) is 17.9 Å². The molecular weight excluding hydrogens is 384 g/mol. The van der Waals surface area contributed by atoms with Crippen LogP contribution in [0.15, 0.2) is 60.1 Å². The summed E-state index contributed by atoms with van der Waals surface area (Å²) in [6, 6.07) is 15.0. The van der Waals surface area contributed by atoms with E-state index in [9.17, 15) is 9.59 Å². The van der Waals surface area contributed by atoms with Crippen LogP contribution in [0.2, 0.25) is 0 Å². The lowest BCUT2D eigenvalue weighted by Crippen LogP contribution is -2.47. The molecule has 1 N–H and O–H groups in total. The lowest BCUT2D eigenvalue weighted by atomic mass is 10.0. The number of nitrogens with one attached hydrogen (secondary N) is 1. The number of rotatable bonds is 5. The second-order valence-corrected chi connectivity index (χ2v) is 7.89. The number of amides is 2. The van der Waals surface area contributed by atoms with Crippen molar-refractivity contribution in [3.8, 4) is 10.7 Å². The molecule has 0 unspecified atom stereocenters. The molecule has 3 heterocycles. The average molecular weight is 407 g/mol. The van der Waals surface area contributed by atoms with E-state index in [4.69, 9.17) is 0 Å². The monoisotopic (exact) mass is 406 g/mol. The topological polar surface area (TPSA) is 75.2 Å². The Morgan fingerprint density at radius 2 is 1.83 bits per heavy atom. The number of hydrogen-bond donors (Lipinski definition) is 1. The van der Waals surface area contributed by atoms with E-state index in [1.165, 1.54) is 11.3 Å². The maximum Gasteiger partial charge on any atom is 0.251 e. The molecule has 7 heteroatoms. The number of aromatic nitrogens is 2. The van der Waals surface area contributed by atoms with Crippen molar-refractivity contribution in [3.63, 3.8) is 0 Å². The number of nitrogens with zero attached hydrogens (tertiary/aromatic N) is 3. The van der Waals surface area contributed by atoms with Gasteiger partial charge in [-0.25, -0.2) is 4.98 Å². The maximum atomic E-state index is 12.7. The fraction of sp³-hybridized carbons (Fsp3) is 0.273. The second-order valence-electron chi connectivity index (χ2n) is 7.03. The lowest BCUT2D eigenvalue weighted by molar-refractivity contribution is -0.131. The average Bonchev–Trinajstić information content (AvgIpc) is 3.24. The van der Waals surface area contributed by atoms with Crippen molar-refractivity contribution in [1.29, 1.82) is 0 Å². The molecule has 0 aliphatic carbocycles. The van der Waals surface area contributed by atoms with Crippen molar-refractivity contribution in [1.82, 2.24) is 20.2 Å². The van der Waals surface area contributed by atoms with Crippen LogP contribution < -0.4 is 5.32 Å². The summed E-state index contributed by atoms with van der Waals surface area (Å²) in [4.78, 5) is 35.7. The Kier molecular flexibility index (Phi) is 5.95. The van der Waals surface area contributed by atoms with Gasteiger partial charge in [0.2, 0.25) is 5.91 Å². The van der Waals surface area contributed by atoms with Gasteiger partial charge in [-0.05, 0) is 37.1 Å². The lowest BCUT2D eigenvalue weighted by Gasteiger charge is -2.32. The predicted molar refractivity (Wildman–Crippen MR) is 113 cm³/mol. The van der Waals surface area contributed by atoms with E-state index in [0.29, 0.717) is 25.1 Å². The third-order valence-electron chi connectivity index (χ3n) is 4.99. The van der Waals surface area contributed by atoms with Crippen LogP contribution in [0, 0.1) is 0 Å². The summed E-state index contributed by atoms with van der Waals surface area (Å²) in [6.45, 7) is 1.30. The molecular formula is C22H22N4O2S. The smallest absolute Gasteiger partial charge is 0.251 e. The molecule has 3 aromatic rings. The highest BCUT2D eigenvalue weighted by Crippen LogP contribution is 2.22. The molecule has 29 heavy (non-hydrogen) atoms. The summed E-state index contributed by atoms with van der Waals surface area (Å²) < 4.78 is 0. The van der Waals surface area contributed by atoms with Gasteiger partial charge in [0.25, 0.3) is 5.91 Å². The Balaban J connectivity index is 1.27. The third-order valence-corrected chi connectivity index (χ3v) is 5.90. The fourth-order valence-electron chi connectivity index (χ4n) is 3.39. The first kappa shape index (κ1) is 19.3. The summed E-state index contributed by atoms with van der Waals surface area (Å²) in [5.74, 6) is 0.0237. The van der Waals surface area contributed by atoms with E-state index < -0.39 is 0 Å². The van der Waals surface area contributed by atoms with Gasteiger partial charge in [0.1, 0.15) is 5.01 Å². The minimum atomic E-state index is -0.0556. The largest absolute Gasteiger partial charge is 0.349 e. The highest BCUT2D eigenvalue weighted by molar-refractivity contribution is 7.13. The van der Waals surface area contributed by atoms with Crippen LogP contribution >= 0.6 is 11.3 Å². The third kappa shape index (κ3) is 4.86. The fourth-order valence-corrected chi connectivity index (χ4v) is 4.19. The van der Waals surface area contributed by atoms with Gasteiger partial charge in [0, 0.05) is 36.3 Å². The Labute approximate surface area is 173 Å². The van der Waals surface area contributed by atoms with Gasteiger partial charge in [-0.15, -0.1) is 11.3 Å². The van der Waals surface area contributed by atoms with Gasteiger partial charge in [0.15, 0.2) is 0 Å². The standard InChI is InChI=1S/C22H22N4O2S/c27-20(14-18-15-29-22(25-18)19-8-4-5-11-23-19)26-12-9-17(10-13-26)24-21(28)16-6-2-1-3-7-16/h1-8,11,15,17H,9-10,12-14H2,(H,24,28). The molecule has 2 aromatic heterocycles. The zero-order valence-electron chi connectivity index (χ0n) is 16.0. The number of benzene rings is 1. The molecule has 0 bridgehead atoms.